The van der Waals surface area contributed by atoms with Gasteiger partial charge in [0.15, 0.2) is 0 Å². The molecular weight excluding hydrogens is 458 g/mol. The summed E-state index contributed by atoms with van der Waals surface area (Å²) in [5.74, 6) is 0.392. The number of carbonyl (C=O) groups excluding carboxylic acids is 2. The fourth-order valence-electron chi connectivity index (χ4n) is 3.82. The van der Waals surface area contributed by atoms with Crippen LogP contribution in [0.1, 0.15) is 27.6 Å². The number of benzene rings is 2. The summed E-state index contributed by atoms with van der Waals surface area (Å²) in [4.78, 5) is 34.0. The van der Waals surface area contributed by atoms with Gasteiger partial charge in [-0.2, -0.15) is 0 Å². The highest BCUT2D eigenvalue weighted by atomic mass is 32.1. The van der Waals surface area contributed by atoms with Gasteiger partial charge in [-0.3, -0.25) is 14.6 Å². The lowest BCUT2D eigenvalue weighted by molar-refractivity contribution is -0.141. The molecule has 2 aromatic carbocycles. The first-order chi connectivity index (χ1) is 17.1. The third-order valence-corrected chi connectivity index (χ3v) is 6.51. The van der Waals surface area contributed by atoms with Crippen LogP contribution in [0, 0.1) is 0 Å². The molecule has 0 aliphatic carbocycles. The Morgan fingerprint density at radius 2 is 1.69 bits per heavy atom. The molecule has 4 rings (SSSR count). The Balaban J connectivity index is 1.62. The van der Waals surface area contributed by atoms with Crippen molar-refractivity contribution in [3.63, 3.8) is 0 Å². The Kier molecular flexibility index (Phi) is 8.25. The number of methoxy groups -OCH3 is 1. The predicted molar refractivity (Wildman–Crippen MR) is 137 cm³/mol. The maximum absolute atomic E-state index is 13.6. The summed E-state index contributed by atoms with van der Waals surface area (Å²) in [7, 11) is 1.62. The van der Waals surface area contributed by atoms with Gasteiger partial charge in [0, 0.05) is 30.4 Å². The van der Waals surface area contributed by atoms with Crippen LogP contribution >= 0.6 is 11.3 Å². The van der Waals surface area contributed by atoms with Crippen molar-refractivity contribution in [3.05, 3.63) is 118 Å². The third-order valence-electron chi connectivity index (χ3n) is 5.63. The highest BCUT2D eigenvalue weighted by Gasteiger charge is 2.31. The van der Waals surface area contributed by atoms with Gasteiger partial charge in [0.2, 0.25) is 11.8 Å². The SMILES string of the molecule is COc1ccc(CNC(=O)[C@@H](c2ccncc2)N(Cc2ccccc2)C(=O)Cc2cccs2)cc1. The number of rotatable bonds is 10. The highest BCUT2D eigenvalue weighted by molar-refractivity contribution is 7.10. The van der Waals surface area contributed by atoms with Gasteiger partial charge >= 0.3 is 0 Å². The minimum absolute atomic E-state index is 0.113. The first kappa shape index (κ1) is 24.2. The molecule has 4 aromatic rings. The summed E-state index contributed by atoms with van der Waals surface area (Å²) >= 11 is 1.53. The van der Waals surface area contributed by atoms with E-state index in [9.17, 15) is 9.59 Å². The molecule has 7 heteroatoms. The number of carbonyl (C=O) groups is 2. The zero-order valence-electron chi connectivity index (χ0n) is 19.5. The first-order valence-electron chi connectivity index (χ1n) is 11.3. The maximum Gasteiger partial charge on any atom is 0.247 e. The quantitative estimate of drug-likeness (QED) is 0.351. The molecule has 1 N–H and O–H groups in total. The summed E-state index contributed by atoms with van der Waals surface area (Å²) < 4.78 is 5.21. The second kappa shape index (κ2) is 11.9. The van der Waals surface area contributed by atoms with E-state index < -0.39 is 6.04 Å². The fraction of sp³-hybridized carbons (Fsp3) is 0.179. The fourth-order valence-corrected chi connectivity index (χ4v) is 4.51. The molecule has 2 aromatic heterocycles. The molecule has 0 bridgehead atoms. The van der Waals surface area contributed by atoms with Crippen LogP contribution in [0.4, 0.5) is 0 Å². The summed E-state index contributed by atoms with van der Waals surface area (Å²) in [5.41, 5.74) is 2.60. The summed E-state index contributed by atoms with van der Waals surface area (Å²) in [6, 6.07) is 23.9. The number of pyridine rings is 1. The maximum atomic E-state index is 13.6. The van der Waals surface area contributed by atoms with E-state index in [0.29, 0.717) is 18.7 Å². The van der Waals surface area contributed by atoms with Gasteiger partial charge in [-0.25, -0.2) is 0 Å². The molecule has 0 fully saturated rings. The van der Waals surface area contributed by atoms with E-state index in [4.69, 9.17) is 4.74 Å². The largest absolute Gasteiger partial charge is 0.497 e. The van der Waals surface area contributed by atoms with E-state index in [1.807, 2.05) is 72.1 Å². The average molecular weight is 486 g/mol. The zero-order valence-corrected chi connectivity index (χ0v) is 20.3. The number of ether oxygens (including phenoxy) is 1. The number of nitrogens with zero attached hydrogens (tertiary/aromatic N) is 2. The monoisotopic (exact) mass is 485 g/mol. The number of hydrogen-bond donors (Lipinski definition) is 1. The van der Waals surface area contributed by atoms with Crippen LogP contribution in [0.15, 0.2) is 96.6 Å². The number of amides is 2. The first-order valence-corrected chi connectivity index (χ1v) is 12.2. The van der Waals surface area contributed by atoms with Gasteiger partial charge in [0.1, 0.15) is 11.8 Å². The number of thiophene rings is 1. The number of aromatic nitrogens is 1. The van der Waals surface area contributed by atoms with E-state index in [-0.39, 0.29) is 18.2 Å². The van der Waals surface area contributed by atoms with Gasteiger partial charge in [-0.05, 0) is 52.4 Å². The molecule has 1 atom stereocenters. The minimum Gasteiger partial charge on any atom is -0.497 e. The standard InChI is InChI=1S/C28H27N3O3S/c1-34-24-11-9-21(10-12-24)19-30-28(33)27(23-13-15-29-16-14-23)31(20-22-6-3-2-4-7-22)26(32)18-25-8-5-17-35-25/h2-17,27H,18-20H2,1H3,(H,30,33)/t27-/m1/s1. The van der Waals surface area contributed by atoms with E-state index in [1.54, 1.807) is 36.5 Å². The molecule has 0 unspecified atom stereocenters. The molecule has 35 heavy (non-hydrogen) atoms. The lowest BCUT2D eigenvalue weighted by Crippen LogP contribution is -2.43. The van der Waals surface area contributed by atoms with Crippen molar-refractivity contribution in [1.82, 2.24) is 15.2 Å². The van der Waals surface area contributed by atoms with Crippen LogP contribution in [0.2, 0.25) is 0 Å². The molecule has 0 aliphatic rings. The molecule has 2 heterocycles. The van der Waals surface area contributed by atoms with Crippen LogP contribution in [-0.2, 0) is 29.1 Å². The minimum atomic E-state index is -0.802. The van der Waals surface area contributed by atoms with E-state index in [0.717, 1.165) is 21.8 Å². The van der Waals surface area contributed by atoms with Crippen molar-refractivity contribution in [2.24, 2.45) is 0 Å². The average Bonchev–Trinajstić information content (AvgIpc) is 3.41. The highest BCUT2D eigenvalue weighted by Crippen LogP contribution is 2.25. The Morgan fingerprint density at radius 1 is 0.943 bits per heavy atom. The Morgan fingerprint density at radius 3 is 2.34 bits per heavy atom. The van der Waals surface area contributed by atoms with Crippen molar-refractivity contribution < 1.29 is 14.3 Å². The van der Waals surface area contributed by atoms with Crippen LogP contribution in [0.5, 0.6) is 5.75 Å². The number of hydrogen-bond acceptors (Lipinski definition) is 5. The molecule has 0 aliphatic heterocycles. The van der Waals surface area contributed by atoms with Crippen molar-refractivity contribution in [1.29, 1.82) is 0 Å². The van der Waals surface area contributed by atoms with E-state index in [1.165, 1.54) is 11.3 Å². The Bertz CT molecular complexity index is 1210. The second-order valence-electron chi connectivity index (χ2n) is 8.01. The molecule has 0 saturated carbocycles. The molecular formula is C28H27N3O3S. The molecule has 6 nitrogen and oxygen atoms in total. The van der Waals surface area contributed by atoms with Crippen LogP contribution in [0.25, 0.3) is 0 Å². The molecule has 178 valence electrons. The normalized spacial score (nSPS) is 11.5. The predicted octanol–water partition coefficient (Wildman–Crippen LogP) is 4.78. The Labute approximate surface area is 209 Å². The van der Waals surface area contributed by atoms with Crippen molar-refractivity contribution >= 4 is 23.2 Å². The van der Waals surface area contributed by atoms with E-state index in [2.05, 4.69) is 10.3 Å². The summed E-state index contributed by atoms with van der Waals surface area (Å²) in [6.07, 6.45) is 3.52. The lowest BCUT2D eigenvalue weighted by Gasteiger charge is -2.31. The molecule has 2 amide bonds. The zero-order chi connectivity index (χ0) is 24.5. The van der Waals surface area contributed by atoms with Gasteiger partial charge in [0.25, 0.3) is 0 Å². The molecule has 0 saturated heterocycles. The number of nitrogens with one attached hydrogen (secondary N) is 1. The van der Waals surface area contributed by atoms with Gasteiger partial charge < -0.3 is 15.0 Å². The topological polar surface area (TPSA) is 71.5 Å². The van der Waals surface area contributed by atoms with Crippen molar-refractivity contribution in [2.45, 2.75) is 25.6 Å². The Hall–Kier alpha value is -3.97. The second-order valence-corrected chi connectivity index (χ2v) is 9.04. The molecule has 0 spiro atoms. The van der Waals surface area contributed by atoms with Crippen LogP contribution in [0.3, 0.4) is 0 Å². The molecule has 0 radical (unpaired) electrons. The van der Waals surface area contributed by atoms with Crippen LogP contribution in [-0.4, -0.2) is 28.8 Å². The van der Waals surface area contributed by atoms with Gasteiger partial charge in [0.05, 0.1) is 13.5 Å². The third kappa shape index (κ3) is 6.55. The van der Waals surface area contributed by atoms with Crippen molar-refractivity contribution in [3.8, 4) is 5.75 Å². The summed E-state index contributed by atoms with van der Waals surface area (Å²) in [5, 5.41) is 4.97. The van der Waals surface area contributed by atoms with E-state index >= 15 is 0 Å². The summed E-state index contributed by atoms with van der Waals surface area (Å²) in [6.45, 7) is 0.650. The van der Waals surface area contributed by atoms with Crippen LogP contribution < -0.4 is 10.1 Å². The van der Waals surface area contributed by atoms with Gasteiger partial charge in [-0.1, -0.05) is 48.5 Å². The van der Waals surface area contributed by atoms with Gasteiger partial charge in [-0.15, -0.1) is 11.3 Å². The lowest BCUT2D eigenvalue weighted by atomic mass is 10.0. The van der Waals surface area contributed by atoms with Crippen molar-refractivity contribution in [2.75, 3.05) is 7.11 Å². The smallest absolute Gasteiger partial charge is 0.247 e.